The molecule has 0 N–H and O–H groups in total. The van der Waals surface area contributed by atoms with Crippen LogP contribution >= 0.6 is 0 Å². The highest BCUT2D eigenvalue weighted by atomic mass is 15.4. The average Bonchev–Trinajstić information content (AvgIpc) is 3.45. The molecule has 1 aliphatic heterocycles. The average molecular weight is 374 g/mol. The molecule has 2 fully saturated rings. The summed E-state index contributed by atoms with van der Waals surface area (Å²) in [6.45, 7) is 4.54. The van der Waals surface area contributed by atoms with Gasteiger partial charge in [0.25, 0.3) is 0 Å². The van der Waals surface area contributed by atoms with Crippen LogP contribution in [-0.4, -0.2) is 52.1 Å². The fraction of sp³-hybridized carbons (Fsp3) is 0.391. The standard InChI is InChI=1S/C23H27N5/c1-3-7-19(8-4-1)23-18-28(25-24-23)22-12-11-21(17-22)27-15-13-26(14-16-27)20-9-5-2-6-10-20/h1-10,18,21-22H,11-17H2/t21-,22+/m0/s1. The molecule has 28 heavy (non-hydrogen) atoms. The van der Waals surface area contributed by atoms with Crippen molar-refractivity contribution in [1.29, 1.82) is 0 Å². The molecule has 2 aromatic carbocycles. The zero-order valence-electron chi connectivity index (χ0n) is 16.2. The van der Waals surface area contributed by atoms with Crippen molar-refractivity contribution in [2.75, 3.05) is 31.1 Å². The Bertz CT molecular complexity index is 884. The molecule has 1 aliphatic carbocycles. The lowest BCUT2D eigenvalue weighted by molar-refractivity contribution is 0.183. The van der Waals surface area contributed by atoms with Crippen molar-refractivity contribution < 1.29 is 0 Å². The Balaban J connectivity index is 1.19. The third-order valence-electron chi connectivity index (χ3n) is 6.28. The quantitative estimate of drug-likeness (QED) is 0.696. The van der Waals surface area contributed by atoms with Gasteiger partial charge in [0.05, 0.1) is 12.2 Å². The molecule has 0 amide bonds. The molecule has 5 nitrogen and oxygen atoms in total. The summed E-state index contributed by atoms with van der Waals surface area (Å²) in [7, 11) is 0. The maximum absolute atomic E-state index is 4.45. The highest BCUT2D eigenvalue weighted by Crippen LogP contribution is 2.34. The first-order chi connectivity index (χ1) is 13.9. The second-order valence-corrected chi connectivity index (χ2v) is 7.93. The van der Waals surface area contributed by atoms with Gasteiger partial charge in [-0.2, -0.15) is 0 Å². The monoisotopic (exact) mass is 373 g/mol. The van der Waals surface area contributed by atoms with Gasteiger partial charge >= 0.3 is 0 Å². The Morgan fingerprint density at radius 2 is 1.43 bits per heavy atom. The van der Waals surface area contributed by atoms with E-state index >= 15 is 0 Å². The van der Waals surface area contributed by atoms with E-state index in [0.717, 1.165) is 37.4 Å². The summed E-state index contributed by atoms with van der Waals surface area (Å²) in [5.74, 6) is 0. The van der Waals surface area contributed by atoms with Crippen LogP contribution in [0.5, 0.6) is 0 Å². The molecule has 0 bridgehead atoms. The van der Waals surface area contributed by atoms with E-state index < -0.39 is 0 Å². The molecular formula is C23H27N5. The van der Waals surface area contributed by atoms with Crippen molar-refractivity contribution in [3.63, 3.8) is 0 Å². The van der Waals surface area contributed by atoms with E-state index in [1.54, 1.807) is 0 Å². The van der Waals surface area contributed by atoms with Gasteiger partial charge in [0.1, 0.15) is 5.69 Å². The topological polar surface area (TPSA) is 37.2 Å². The van der Waals surface area contributed by atoms with Gasteiger partial charge in [-0.25, -0.2) is 4.68 Å². The minimum absolute atomic E-state index is 0.474. The van der Waals surface area contributed by atoms with Crippen molar-refractivity contribution in [2.45, 2.75) is 31.3 Å². The summed E-state index contributed by atoms with van der Waals surface area (Å²) in [4.78, 5) is 5.20. The third-order valence-corrected chi connectivity index (χ3v) is 6.28. The second kappa shape index (κ2) is 7.76. The number of nitrogens with zero attached hydrogens (tertiary/aromatic N) is 5. The van der Waals surface area contributed by atoms with Gasteiger partial charge < -0.3 is 4.90 Å². The number of aromatic nitrogens is 3. The highest BCUT2D eigenvalue weighted by Gasteiger charge is 2.32. The number of rotatable bonds is 4. The van der Waals surface area contributed by atoms with Gasteiger partial charge in [0.15, 0.2) is 0 Å². The summed E-state index contributed by atoms with van der Waals surface area (Å²) in [5, 5.41) is 8.85. The summed E-state index contributed by atoms with van der Waals surface area (Å²) in [6.07, 6.45) is 5.76. The van der Waals surface area contributed by atoms with Gasteiger partial charge in [0, 0.05) is 43.5 Å². The van der Waals surface area contributed by atoms with E-state index in [-0.39, 0.29) is 0 Å². The minimum Gasteiger partial charge on any atom is -0.369 e. The van der Waals surface area contributed by atoms with Gasteiger partial charge in [-0.15, -0.1) is 5.10 Å². The molecule has 2 heterocycles. The van der Waals surface area contributed by atoms with Crippen molar-refractivity contribution in [3.05, 3.63) is 66.9 Å². The molecule has 2 atom stereocenters. The maximum Gasteiger partial charge on any atom is 0.113 e. The van der Waals surface area contributed by atoms with Gasteiger partial charge in [-0.05, 0) is 31.4 Å². The smallest absolute Gasteiger partial charge is 0.113 e. The van der Waals surface area contributed by atoms with Crippen molar-refractivity contribution in [2.24, 2.45) is 0 Å². The van der Waals surface area contributed by atoms with E-state index in [0.29, 0.717) is 12.1 Å². The highest BCUT2D eigenvalue weighted by molar-refractivity contribution is 5.57. The van der Waals surface area contributed by atoms with Crippen LogP contribution in [0.2, 0.25) is 0 Å². The van der Waals surface area contributed by atoms with Gasteiger partial charge in [-0.3, -0.25) is 4.90 Å². The zero-order chi connectivity index (χ0) is 18.8. The molecule has 0 radical (unpaired) electrons. The van der Waals surface area contributed by atoms with E-state index in [2.05, 4.69) is 85.6 Å². The van der Waals surface area contributed by atoms with Gasteiger partial charge in [-0.1, -0.05) is 53.7 Å². The lowest BCUT2D eigenvalue weighted by atomic mass is 10.1. The predicted octanol–water partition coefficient (Wildman–Crippen LogP) is 3.86. The van der Waals surface area contributed by atoms with E-state index in [4.69, 9.17) is 0 Å². The maximum atomic E-state index is 4.45. The molecule has 1 saturated heterocycles. The summed E-state index contributed by atoms with van der Waals surface area (Å²) in [5.41, 5.74) is 3.46. The van der Waals surface area contributed by atoms with Crippen molar-refractivity contribution >= 4 is 5.69 Å². The molecule has 5 heteroatoms. The number of piperazine rings is 1. The number of anilines is 1. The van der Waals surface area contributed by atoms with E-state index in [1.807, 2.05) is 6.07 Å². The summed E-state index contributed by atoms with van der Waals surface area (Å²) < 4.78 is 2.10. The zero-order valence-corrected chi connectivity index (χ0v) is 16.2. The van der Waals surface area contributed by atoms with Crippen LogP contribution in [-0.2, 0) is 0 Å². The molecule has 2 aliphatic rings. The lowest BCUT2D eigenvalue weighted by Gasteiger charge is -2.39. The molecule has 144 valence electrons. The largest absolute Gasteiger partial charge is 0.369 e. The van der Waals surface area contributed by atoms with Crippen LogP contribution < -0.4 is 4.90 Å². The first-order valence-corrected chi connectivity index (χ1v) is 10.4. The summed E-state index contributed by atoms with van der Waals surface area (Å²) >= 11 is 0. The Kier molecular flexibility index (Phi) is 4.83. The normalized spacial score (nSPS) is 23.2. The fourth-order valence-electron chi connectivity index (χ4n) is 4.69. The Morgan fingerprint density at radius 1 is 0.750 bits per heavy atom. The molecular weight excluding hydrogens is 346 g/mol. The molecule has 1 saturated carbocycles. The predicted molar refractivity (Wildman–Crippen MR) is 112 cm³/mol. The molecule has 5 rings (SSSR count). The van der Waals surface area contributed by atoms with Crippen LogP contribution in [0.15, 0.2) is 66.9 Å². The lowest BCUT2D eigenvalue weighted by Crippen LogP contribution is -2.49. The van der Waals surface area contributed by atoms with E-state index in [1.165, 1.54) is 24.9 Å². The van der Waals surface area contributed by atoms with Crippen LogP contribution in [0.3, 0.4) is 0 Å². The first-order valence-electron chi connectivity index (χ1n) is 10.4. The van der Waals surface area contributed by atoms with Crippen molar-refractivity contribution in [1.82, 2.24) is 19.9 Å². The number of benzene rings is 2. The number of hydrogen-bond donors (Lipinski definition) is 0. The Morgan fingerprint density at radius 3 is 2.18 bits per heavy atom. The second-order valence-electron chi connectivity index (χ2n) is 7.93. The third kappa shape index (κ3) is 3.54. The van der Waals surface area contributed by atoms with Crippen LogP contribution in [0.4, 0.5) is 5.69 Å². The van der Waals surface area contributed by atoms with Gasteiger partial charge in [0.2, 0.25) is 0 Å². The molecule has 0 unspecified atom stereocenters. The SMILES string of the molecule is c1ccc(-c2cn([C@@H]3CC[C@H](N4CCN(c5ccccc5)CC4)C3)nn2)cc1. The molecule has 1 aromatic heterocycles. The minimum atomic E-state index is 0.474. The number of hydrogen-bond acceptors (Lipinski definition) is 4. The van der Waals surface area contributed by atoms with Crippen LogP contribution in [0.25, 0.3) is 11.3 Å². The van der Waals surface area contributed by atoms with Crippen molar-refractivity contribution in [3.8, 4) is 11.3 Å². The number of para-hydroxylation sites is 1. The van der Waals surface area contributed by atoms with Crippen LogP contribution in [0.1, 0.15) is 25.3 Å². The van der Waals surface area contributed by atoms with Crippen LogP contribution in [0, 0.1) is 0 Å². The molecule has 0 spiro atoms. The van der Waals surface area contributed by atoms with E-state index in [9.17, 15) is 0 Å². The Labute approximate surface area is 166 Å². The fourth-order valence-corrected chi connectivity index (χ4v) is 4.69. The molecule has 3 aromatic rings. The Hall–Kier alpha value is -2.66. The first kappa shape index (κ1) is 17.4. The summed E-state index contributed by atoms with van der Waals surface area (Å²) in [6, 6.07) is 22.3.